The number of aromatic nitrogens is 1. The maximum Gasteiger partial charge on any atom is 0.428 e. The van der Waals surface area contributed by atoms with E-state index in [4.69, 9.17) is 14.2 Å². The molecule has 31 heavy (non-hydrogen) atoms. The first-order valence-electron chi connectivity index (χ1n) is 9.57. The Kier molecular flexibility index (Phi) is 8.20. The van der Waals surface area contributed by atoms with Crippen molar-refractivity contribution in [1.29, 1.82) is 0 Å². The van der Waals surface area contributed by atoms with Gasteiger partial charge in [-0.1, -0.05) is 0 Å². The lowest BCUT2D eigenvalue weighted by molar-refractivity contribution is 0.164. The molecule has 1 N–H and O–H groups in total. The summed E-state index contributed by atoms with van der Waals surface area (Å²) in [6, 6.07) is 7.20. The van der Waals surface area contributed by atoms with Crippen molar-refractivity contribution in [3.05, 3.63) is 42.7 Å². The normalized spacial score (nSPS) is 11.0. The average Bonchev–Trinajstić information content (AvgIpc) is 2.69. The number of carbonyl (C=O) groups is 2. The molecule has 2 aromatic rings. The number of anilines is 2. The maximum absolute atomic E-state index is 13.4. The van der Waals surface area contributed by atoms with Crippen LogP contribution in [-0.4, -0.2) is 44.9 Å². The Morgan fingerprint density at radius 3 is 2.29 bits per heavy atom. The van der Waals surface area contributed by atoms with Gasteiger partial charge in [-0.05, 0) is 58.0 Å². The van der Waals surface area contributed by atoms with Gasteiger partial charge >= 0.3 is 12.2 Å². The van der Waals surface area contributed by atoms with Crippen molar-refractivity contribution in [2.24, 2.45) is 0 Å². The fraction of sp³-hybridized carbons (Fsp3) is 0.350. The van der Waals surface area contributed by atoms with Crippen molar-refractivity contribution >= 4 is 33.6 Å². The number of amides is 2. The van der Waals surface area contributed by atoms with Gasteiger partial charge in [-0.2, -0.15) is 4.31 Å². The zero-order valence-corrected chi connectivity index (χ0v) is 18.5. The Hall–Kier alpha value is -3.34. The van der Waals surface area contributed by atoms with Crippen LogP contribution in [0.25, 0.3) is 0 Å². The molecule has 0 fully saturated rings. The number of ether oxygens (including phenoxy) is 3. The Morgan fingerprint density at radius 1 is 1.06 bits per heavy atom. The van der Waals surface area contributed by atoms with Gasteiger partial charge in [-0.3, -0.25) is 10.3 Å². The van der Waals surface area contributed by atoms with Crippen LogP contribution in [0.1, 0.15) is 27.7 Å². The third-order valence-electron chi connectivity index (χ3n) is 3.69. The quantitative estimate of drug-likeness (QED) is 0.643. The van der Waals surface area contributed by atoms with Gasteiger partial charge in [0.1, 0.15) is 10.6 Å². The topological polar surface area (TPSA) is 124 Å². The van der Waals surface area contributed by atoms with Crippen LogP contribution >= 0.6 is 0 Å². The first kappa shape index (κ1) is 23.9. The van der Waals surface area contributed by atoms with E-state index in [-0.39, 0.29) is 30.7 Å². The molecule has 1 heterocycles. The largest absolute Gasteiger partial charge is 0.491 e. The summed E-state index contributed by atoms with van der Waals surface area (Å²) in [6.45, 7) is 6.92. The van der Waals surface area contributed by atoms with Crippen molar-refractivity contribution in [2.45, 2.75) is 38.7 Å². The Morgan fingerprint density at radius 2 is 1.71 bits per heavy atom. The zero-order valence-electron chi connectivity index (χ0n) is 17.7. The van der Waals surface area contributed by atoms with Gasteiger partial charge in [-0.15, -0.1) is 0 Å². The molecule has 1 aromatic heterocycles. The third kappa shape index (κ3) is 6.07. The molecule has 0 saturated heterocycles. The second-order valence-corrected chi connectivity index (χ2v) is 8.10. The highest BCUT2D eigenvalue weighted by molar-refractivity contribution is 7.93. The summed E-state index contributed by atoms with van der Waals surface area (Å²) in [6.07, 6.45) is 0.295. The molecule has 11 heteroatoms. The van der Waals surface area contributed by atoms with Crippen molar-refractivity contribution in [1.82, 2.24) is 4.98 Å². The van der Waals surface area contributed by atoms with Gasteiger partial charge in [0.05, 0.1) is 30.7 Å². The molecule has 2 amide bonds. The summed E-state index contributed by atoms with van der Waals surface area (Å²) in [5.41, 5.74) is -0.0667. The van der Waals surface area contributed by atoms with E-state index in [1.54, 1.807) is 13.8 Å². The molecule has 0 aliphatic carbocycles. The minimum absolute atomic E-state index is 0.0282. The molecule has 2 rings (SSSR count). The molecule has 1 aromatic carbocycles. The second kappa shape index (κ2) is 10.6. The van der Waals surface area contributed by atoms with E-state index in [1.165, 1.54) is 36.5 Å². The lowest BCUT2D eigenvalue weighted by atomic mass is 10.3. The predicted molar refractivity (Wildman–Crippen MR) is 114 cm³/mol. The molecule has 0 unspecified atom stereocenters. The van der Waals surface area contributed by atoms with Crippen LogP contribution in [0.15, 0.2) is 47.6 Å². The van der Waals surface area contributed by atoms with Crippen molar-refractivity contribution in [3.8, 4) is 5.75 Å². The smallest absolute Gasteiger partial charge is 0.428 e. The van der Waals surface area contributed by atoms with Crippen molar-refractivity contribution < 1.29 is 32.2 Å². The number of nitrogens with one attached hydrogen (secondary N) is 1. The van der Waals surface area contributed by atoms with Gasteiger partial charge in [0.25, 0.3) is 10.0 Å². The Labute approximate surface area is 181 Å². The summed E-state index contributed by atoms with van der Waals surface area (Å²) in [4.78, 5) is 27.9. The van der Waals surface area contributed by atoms with Crippen LogP contribution in [0.2, 0.25) is 0 Å². The van der Waals surface area contributed by atoms with E-state index < -0.39 is 27.1 Å². The number of carbonyl (C=O) groups excluding carboxylic acids is 2. The van der Waals surface area contributed by atoms with Crippen LogP contribution < -0.4 is 14.4 Å². The molecule has 10 nitrogen and oxygen atoms in total. The molecule has 0 aliphatic rings. The number of hydrogen-bond donors (Lipinski definition) is 1. The number of benzene rings is 1. The van der Waals surface area contributed by atoms with Crippen LogP contribution in [0.5, 0.6) is 5.75 Å². The zero-order chi connectivity index (χ0) is 23.0. The summed E-state index contributed by atoms with van der Waals surface area (Å²) >= 11 is 0. The average molecular weight is 452 g/mol. The second-order valence-electron chi connectivity index (χ2n) is 6.35. The van der Waals surface area contributed by atoms with Crippen LogP contribution in [0.3, 0.4) is 0 Å². The summed E-state index contributed by atoms with van der Waals surface area (Å²) < 4.78 is 42.7. The maximum atomic E-state index is 13.4. The van der Waals surface area contributed by atoms with Crippen molar-refractivity contribution in [3.63, 3.8) is 0 Å². The molecular weight excluding hydrogens is 426 g/mol. The van der Waals surface area contributed by atoms with E-state index in [2.05, 4.69) is 10.3 Å². The standard InChI is InChI=1S/C20H25N3O7S/c1-5-28-19(24)22-17-11-12-21-13-18(17)31(26,27)23(20(25)29-6-2)15-7-9-16(10-8-15)30-14(3)4/h7-14H,5-6H2,1-4H3,(H,21,22,24). The lowest BCUT2D eigenvalue weighted by Gasteiger charge is -2.23. The Balaban J connectivity index is 2.52. The minimum Gasteiger partial charge on any atom is -0.491 e. The van der Waals surface area contributed by atoms with Crippen LogP contribution in [-0.2, 0) is 19.5 Å². The number of pyridine rings is 1. The molecule has 0 atom stereocenters. The lowest BCUT2D eigenvalue weighted by Crippen LogP contribution is -2.38. The van der Waals surface area contributed by atoms with Gasteiger partial charge < -0.3 is 14.2 Å². The first-order valence-corrected chi connectivity index (χ1v) is 11.0. The van der Waals surface area contributed by atoms with E-state index in [0.29, 0.717) is 10.1 Å². The summed E-state index contributed by atoms with van der Waals surface area (Å²) in [7, 11) is -4.52. The number of hydrogen-bond acceptors (Lipinski definition) is 8. The highest BCUT2D eigenvalue weighted by Gasteiger charge is 2.35. The van der Waals surface area contributed by atoms with Gasteiger partial charge in [0, 0.05) is 12.4 Å². The van der Waals surface area contributed by atoms with E-state index in [9.17, 15) is 18.0 Å². The highest BCUT2D eigenvalue weighted by atomic mass is 32.2. The SMILES string of the molecule is CCOC(=O)Nc1ccncc1S(=O)(=O)N(C(=O)OCC)c1ccc(OC(C)C)cc1. The molecule has 0 spiro atoms. The number of rotatable bonds is 8. The highest BCUT2D eigenvalue weighted by Crippen LogP contribution is 2.30. The molecular formula is C20H25N3O7S. The third-order valence-corrected chi connectivity index (χ3v) is 5.41. The molecule has 168 valence electrons. The van der Waals surface area contributed by atoms with Crippen molar-refractivity contribution in [2.75, 3.05) is 22.8 Å². The van der Waals surface area contributed by atoms with E-state index >= 15 is 0 Å². The predicted octanol–water partition coefficient (Wildman–Crippen LogP) is 3.79. The molecule has 0 radical (unpaired) electrons. The van der Waals surface area contributed by atoms with E-state index in [1.807, 2.05) is 13.8 Å². The molecule has 0 aliphatic heterocycles. The minimum atomic E-state index is -4.52. The molecule has 0 saturated carbocycles. The number of sulfonamides is 1. The fourth-order valence-electron chi connectivity index (χ4n) is 2.52. The molecule has 0 bridgehead atoms. The van der Waals surface area contributed by atoms with Gasteiger partial charge in [0.2, 0.25) is 0 Å². The van der Waals surface area contributed by atoms with Crippen LogP contribution in [0.4, 0.5) is 21.0 Å². The van der Waals surface area contributed by atoms with E-state index in [0.717, 1.165) is 6.20 Å². The van der Waals surface area contributed by atoms with Gasteiger partial charge in [-0.25, -0.2) is 18.0 Å². The summed E-state index contributed by atoms with van der Waals surface area (Å²) in [5.74, 6) is 0.506. The van der Waals surface area contributed by atoms with Crippen LogP contribution in [0, 0.1) is 0 Å². The Bertz CT molecular complexity index is 1010. The fourth-order valence-corrected chi connectivity index (χ4v) is 3.96. The number of nitrogens with zero attached hydrogens (tertiary/aromatic N) is 2. The first-order chi connectivity index (χ1) is 14.7. The van der Waals surface area contributed by atoms with Gasteiger partial charge in [0.15, 0.2) is 0 Å². The monoisotopic (exact) mass is 451 g/mol. The summed E-state index contributed by atoms with van der Waals surface area (Å²) in [5, 5.41) is 2.35.